The molecule has 1 aromatic rings. The Morgan fingerprint density at radius 2 is 2.36 bits per heavy atom. The molecule has 0 atom stereocenters. The molecule has 0 aliphatic heterocycles. The van der Waals surface area contributed by atoms with Crippen molar-refractivity contribution in [1.82, 2.24) is 0 Å². The fourth-order valence-corrected chi connectivity index (χ4v) is 1.28. The van der Waals surface area contributed by atoms with Gasteiger partial charge in [-0.1, -0.05) is 22.5 Å². The number of rotatable bonds is 3. The normalized spacial score (nSPS) is 9.21. The Labute approximate surface area is 91.9 Å². The zero-order chi connectivity index (χ0) is 10.6. The second kappa shape index (κ2) is 4.83. The molecule has 1 aromatic carbocycles. The Balaban J connectivity index is 2.87. The van der Waals surface area contributed by atoms with Crippen molar-refractivity contribution in [3.05, 3.63) is 40.4 Å². The smallest absolute Gasteiger partial charge is 0.137 e. The van der Waals surface area contributed by atoms with Crippen LogP contribution in [0.15, 0.2) is 34.8 Å². The first-order chi connectivity index (χ1) is 6.63. The summed E-state index contributed by atoms with van der Waals surface area (Å²) in [6, 6.07) is 7.42. The monoisotopic (exact) mass is 251 g/mol. The van der Waals surface area contributed by atoms with E-state index in [1.165, 1.54) is 0 Å². The van der Waals surface area contributed by atoms with E-state index in [-0.39, 0.29) is 0 Å². The predicted octanol–water partition coefficient (Wildman–Crippen LogP) is 3.28. The van der Waals surface area contributed by atoms with Gasteiger partial charge in [0.1, 0.15) is 18.4 Å². The average Bonchev–Trinajstić information content (AvgIpc) is 2.15. The van der Waals surface area contributed by atoms with Gasteiger partial charge in [-0.15, -0.1) is 0 Å². The van der Waals surface area contributed by atoms with E-state index in [4.69, 9.17) is 10.00 Å². The van der Waals surface area contributed by atoms with Gasteiger partial charge in [-0.2, -0.15) is 5.26 Å². The van der Waals surface area contributed by atoms with E-state index in [1.807, 2.05) is 13.0 Å². The number of nitriles is 1. The highest BCUT2D eigenvalue weighted by Gasteiger charge is 2.03. The van der Waals surface area contributed by atoms with E-state index in [2.05, 4.69) is 28.6 Å². The number of benzene rings is 1. The van der Waals surface area contributed by atoms with Crippen molar-refractivity contribution in [3.63, 3.8) is 0 Å². The molecule has 0 unspecified atom stereocenters. The van der Waals surface area contributed by atoms with Crippen LogP contribution in [0.5, 0.6) is 5.75 Å². The lowest BCUT2D eigenvalue weighted by molar-refractivity contribution is 0.351. The van der Waals surface area contributed by atoms with Crippen LogP contribution in [0.2, 0.25) is 0 Å². The van der Waals surface area contributed by atoms with Crippen LogP contribution in [0.25, 0.3) is 0 Å². The third kappa shape index (κ3) is 2.90. The Morgan fingerprint density at radius 1 is 1.64 bits per heavy atom. The Morgan fingerprint density at radius 3 is 2.93 bits per heavy atom. The fraction of sp³-hybridized carbons (Fsp3) is 0.182. The minimum atomic E-state index is 0.441. The lowest BCUT2D eigenvalue weighted by Gasteiger charge is -2.07. The van der Waals surface area contributed by atoms with Crippen molar-refractivity contribution >= 4 is 15.9 Å². The molecule has 14 heavy (non-hydrogen) atoms. The second-order valence-electron chi connectivity index (χ2n) is 3.00. The summed E-state index contributed by atoms with van der Waals surface area (Å²) in [5, 5.41) is 8.83. The Hall–Kier alpha value is -1.27. The van der Waals surface area contributed by atoms with E-state index < -0.39 is 0 Å². The molecule has 3 heteroatoms. The second-order valence-corrected chi connectivity index (χ2v) is 3.91. The zero-order valence-corrected chi connectivity index (χ0v) is 9.47. The van der Waals surface area contributed by atoms with Gasteiger partial charge in [0.05, 0.1) is 5.56 Å². The molecule has 0 aliphatic carbocycles. The quantitative estimate of drug-likeness (QED) is 0.773. The number of nitrogens with zero attached hydrogens (tertiary/aromatic N) is 1. The number of hydrogen-bond acceptors (Lipinski definition) is 2. The van der Waals surface area contributed by atoms with E-state index in [0.717, 1.165) is 10.0 Å². The summed E-state index contributed by atoms with van der Waals surface area (Å²) in [5.41, 5.74) is 1.46. The summed E-state index contributed by atoms with van der Waals surface area (Å²) in [6.45, 7) is 6.05. The van der Waals surface area contributed by atoms with Gasteiger partial charge in [-0.3, -0.25) is 0 Å². The molecule has 0 aromatic heterocycles. The third-order valence-corrected chi connectivity index (χ3v) is 2.03. The van der Waals surface area contributed by atoms with Gasteiger partial charge in [0.2, 0.25) is 0 Å². The SMILES string of the molecule is C=C(C)COc1ccc(Br)cc1C#N. The van der Waals surface area contributed by atoms with Gasteiger partial charge in [-0.05, 0) is 30.7 Å². The van der Waals surface area contributed by atoms with Crippen LogP contribution in [0.1, 0.15) is 12.5 Å². The number of halogens is 1. The summed E-state index contributed by atoms with van der Waals surface area (Å²) in [7, 11) is 0. The molecule has 1 rings (SSSR count). The summed E-state index contributed by atoms with van der Waals surface area (Å²) in [6.07, 6.45) is 0. The first-order valence-electron chi connectivity index (χ1n) is 4.10. The summed E-state index contributed by atoms with van der Waals surface area (Å²) in [5.74, 6) is 0.596. The lowest BCUT2D eigenvalue weighted by atomic mass is 10.2. The molecule has 0 radical (unpaired) electrons. The molecule has 0 heterocycles. The summed E-state index contributed by atoms with van der Waals surface area (Å²) >= 11 is 3.29. The van der Waals surface area contributed by atoms with Crippen molar-refractivity contribution in [2.75, 3.05) is 6.61 Å². The predicted molar refractivity (Wildman–Crippen MR) is 59.2 cm³/mol. The van der Waals surface area contributed by atoms with E-state index in [9.17, 15) is 0 Å². The van der Waals surface area contributed by atoms with E-state index in [1.54, 1.807) is 12.1 Å². The van der Waals surface area contributed by atoms with Gasteiger partial charge in [0, 0.05) is 4.47 Å². The average molecular weight is 252 g/mol. The zero-order valence-electron chi connectivity index (χ0n) is 7.88. The molecule has 0 amide bonds. The van der Waals surface area contributed by atoms with Crippen molar-refractivity contribution < 1.29 is 4.74 Å². The minimum absolute atomic E-state index is 0.441. The highest BCUT2D eigenvalue weighted by Crippen LogP contribution is 2.22. The van der Waals surface area contributed by atoms with Crippen molar-refractivity contribution in [2.24, 2.45) is 0 Å². The molecule has 0 aliphatic rings. The standard InChI is InChI=1S/C11H10BrNO/c1-8(2)7-14-11-4-3-10(12)5-9(11)6-13/h3-5H,1,7H2,2H3. The van der Waals surface area contributed by atoms with Crippen LogP contribution in [0, 0.1) is 11.3 Å². The molecule has 0 spiro atoms. The van der Waals surface area contributed by atoms with Crippen LogP contribution in [-0.2, 0) is 0 Å². The van der Waals surface area contributed by atoms with Crippen molar-refractivity contribution in [2.45, 2.75) is 6.92 Å². The van der Waals surface area contributed by atoms with Crippen LogP contribution in [0.3, 0.4) is 0 Å². The van der Waals surface area contributed by atoms with Crippen molar-refractivity contribution in [3.8, 4) is 11.8 Å². The fourth-order valence-electron chi connectivity index (χ4n) is 0.916. The first kappa shape index (κ1) is 10.8. The molecule has 0 saturated heterocycles. The van der Waals surface area contributed by atoms with Gasteiger partial charge in [-0.25, -0.2) is 0 Å². The Bertz CT molecular complexity index is 393. The molecule has 0 bridgehead atoms. The van der Waals surface area contributed by atoms with Gasteiger partial charge < -0.3 is 4.74 Å². The Kier molecular flexibility index (Phi) is 3.73. The number of ether oxygens (including phenoxy) is 1. The largest absolute Gasteiger partial charge is 0.488 e. The lowest BCUT2D eigenvalue weighted by Crippen LogP contribution is -1.99. The third-order valence-electron chi connectivity index (χ3n) is 1.54. The molecule has 72 valence electrons. The van der Waals surface area contributed by atoms with E-state index in [0.29, 0.717) is 17.9 Å². The van der Waals surface area contributed by atoms with Crippen LogP contribution in [-0.4, -0.2) is 6.61 Å². The molecular formula is C11H10BrNO. The van der Waals surface area contributed by atoms with Crippen molar-refractivity contribution in [1.29, 1.82) is 5.26 Å². The molecular weight excluding hydrogens is 242 g/mol. The number of hydrogen-bond donors (Lipinski definition) is 0. The minimum Gasteiger partial charge on any atom is -0.488 e. The van der Waals surface area contributed by atoms with Gasteiger partial charge in [0.15, 0.2) is 0 Å². The maximum atomic E-state index is 8.83. The highest BCUT2D eigenvalue weighted by atomic mass is 79.9. The summed E-state index contributed by atoms with van der Waals surface area (Å²) in [4.78, 5) is 0. The van der Waals surface area contributed by atoms with Crippen LogP contribution >= 0.6 is 15.9 Å². The summed E-state index contributed by atoms with van der Waals surface area (Å²) < 4.78 is 6.27. The van der Waals surface area contributed by atoms with Crippen LogP contribution in [0.4, 0.5) is 0 Å². The molecule has 0 saturated carbocycles. The molecule has 0 fully saturated rings. The van der Waals surface area contributed by atoms with Gasteiger partial charge >= 0.3 is 0 Å². The topological polar surface area (TPSA) is 33.0 Å². The van der Waals surface area contributed by atoms with Crippen LogP contribution < -0.4 is 4.74 Å². The van der Waals surface area contributed by atoms with Gasteiger partial charge in [0.25, 0.3) is 0 Å². The maximum Gasteiger partial charge on any atom is 0.137 e. The first-order valence-corrected chi connectivity index (χ1v) is 4.89. The molecule has 2 nitrogen and oxygen atoms in total. The molecule has 0 N–H and O–H groups in total. The highest BCUT2D eigenvalue weighted by molar-refractivity contribution is 9.10. The maximum absolute atomic E-state index is 8.83. The van der Waals surface area contributed by atoms with E-state index >= 15 is 0 Å².